The summed E-state index contributed by atoms with van der Waals surface area (Å²) in [6, 6.07) is -0.987. The van der Waals surface area contributed by atoms with Gasteiger partial charge in [-0.1, -0.05) is 0 Å². The van der Waals surface area contributed by atoms with E-state index in [2.05, 4.69) is 10.6 Å². The van der Waals surface area contributed by atoms with E-state index in [1.807, 2.05) is 0 Å². The minimum atomic E-state index is -1.22. The number of aliphatic hydroxyl groups is 1. The van der Waals surface area contributed by atoms with Gasteiger partial charge in [0.25, 0.3) is 0 Å². The van der Waals surface area contributed by atoms with Crippen molar-refractivity contribution in [3.63, 3.8) is 0 Å². The van der Waals surface area contributed by atoms with Crippen LogP contribution in [0.5, 0.6) is 0 Å². The minimum Gasteiger partial charge on any atom is -0.481 e. The summed E-state index contributed by atoms with van der Waals surface area (Å²) >= 11 is 0.988. The van der Waals surface area contributed by atoms with Crippen LogP contribution >= 0.6 is 11.8 Å². The Hall–Kier alpha value is -1.81. The summed E-state index contributed by atoms with van der Waals surface area (Å²) in [5.41, 5.74) is 0. The van der Waals surface area contributed by atoms with Crippen LogP contribution in [-0.2, 0) is 19.2 Å². The van der Waals surface area contributed by atoms with Crippen LogP contribution in [0.1, 0.15) is 19.3 Å². The van der Waals surface area contributed by atoms with Gasteiger partial charge in [0, 0.05) is 18.6 Å². The van der Waals surface area contributed by atoms with E-state index in [4.69, 9.17) is 15.3 Å². The summed E-state index contributed by atoms with van der Waals surface area (Å²) in [6.07, 6.45) is -0.0781. The molecule has 120 valence electrons. The van der Waals surface area contributed by atoms with Crippen LogP contribution in [0.2, 0.25) is 0 Å². The number of rotatable bonds is 11. The van der Waals surface area contributed by atoms with Gasteiger partial charge in [0.15, 0.2) is 0 Å². The maximum Gasteiger partial charge on any atom is 0.322 e. The predicted octanol–water partition coefficient (Wildman–Crippen LogP) is -1.39. The molecule has 0 spiro atoms. The number of aliphatic carboxylic acids is 2. The average molecular weight is 322 g/mol. The monoisotopic (exact) mass is 322 g/mol. The number of carboxylic acid groups (broad SMARTS) is 2. The van der Waals surface area contributed by atoms with E-state index < -0.39 is 36.3 Å². The Kier molecular flexibility index (Phi) is 9.98. The first-order valence-electron chi connectivity index (χ1n) is 6.06. The van der Waals surface area contributed by atoms with E-state index in [-0.39, 0.29) is 31.0 Å². The van der Waals surface area contributed by atoms with Gasteiger partial charge < -0.3 is 26.0 Å². The lowest BCUT2D eigenvalue weighted by atomic mass is 10.2. The number of hydrogen-bond donors (Lipinski definition) is 5. The standard InChI is InChI=1S/C11H18N2O7S/c14-6-21-5-7(11(20)12-4-10(18)19)13-8(15)2-1-3-9(16)17/h7,14H,1-6H2,(H,12,20)(H,13,15)(H,16,17)(H,18,19)/t7-/m0/s1. The molecule has 0 aliphatic carbocycles. The predicted molar refractivity (Wildman–Crippen MR) is 73.6 cm³/mol. The van der Waals surface area contributed by atoms with E-state index in [0.717, 1.165) is 11.8 Å². The van der Waals surface area contributed by atoms with Gasteiger partial charge in [0.05, 0.1) is 5.94 Å². The van der Waals surface area contributed by atoms with Gasteiger partial charge in [-0.25, -0.2) is 0 Å². The minimum absolute atomic E-state index is 0.0567. The Bertz CT molecular complexity index is 389. The number of amides is 2. The van der Waals surface area contributed by atoms with Crippen molar-refractivity contribution in [3.8, 4) is 0 Å². The van der Waals surface area contributed by atoms with Gasteiger partial charge >= 0.3 is 11.9 Å². The van der Waals surface area contributed by atoms with Gasteiger partial charge in [-0.2, -0.15) is 0 Å². The molecule has 0 unspecified atom stereocenters. The van der Waals surface area contributed by atoms with Crippen molar-refractivity contribution in [2.24, 2.45) is 0 Å². The summed E-state index contributed by atoms with van der Waals surface area (Å²) in [5.74, 6) is -3.60. The fourth-order valence-electron chi connectivity index (χ4n) is 1.31. The first-order valence-corrected chi connectivity index (χ1v) is 7.21. The SMILES string of the molecule is O=C(O)CCCC(=O)N[C@@H](CSCO)C(=O)NCC(=O)O. The molecule has 0 aromatic rings. The molecule has 0 saturated heterocycles. The number of carbonyl (C=O) groups is 4. The second-order valence-electron chi connectivity index (χ2n) is 3.98. The molecular formula is C11H18N2O7S. The zero-order valence-electron chi connectivity index (χ0n) is 11.2. The van der Waals surface area contributed by atoms with E-state index >= 15 is 0 Å². The van der Waals surface area contributed by atoms with Crippen LogP contribution < -0.4 is 10.6 Å². The molecular weight excluding hydrogens is 304 g/mol. The van der Waals surface area contributed by atoms with Crippen molar-refractivity contribution in [3.05, 3.63) is 0 Å². The van der Waals surface area contributed by atoms with Crippen LogP contribution in [0.15, 0.2) is 0 Å². The fraction of sp³-hybridized carbons (Fsp3) is 0.636. The third kappa shape index (κ3) is 10.6. The molecule has 0 bridgehead atoms. The van der Waals surface area contributed by atoms with E-state index in [1.165, 1.54) is 0 Å². The third-order valence-corrected chi connectivity index (χ3v) is 2.99. The van der Waals surface area contributed by atoms with Gasteiger partial charge in [0.1, 0.15) is 12.6 Å². The zero-order chi connectivity index (χ0) is 16.3. The van der Waals surface area contributed by atoms with E-state index in [9.17, 15) is 19.2 Å². The summed E-state index contributed by atoms with van der Waals surface area (Å²) in [5, 5.41) is 30.1. The molecule has 0 saturated carbocycles. The Morgan fingerprint density at radius 3 is 2.24 bits per heavy atom. The topological polar surface area (TPSA) is 153 Å². The smallest absolute Gasteiger partial charge is 0.322 e. The van der Waals surface area contributed by atoms with Crippen LogP contribution in [-0.4, -0.2) is 63.4 Å². The highest BCUT2D eigenvalue weighted by Gasteiger charge is 2.21. The lowest BCUT2D eigenvalue weighted by Crippen LogP contribution is -2.49. The maximum atomic E-state index is 11.7. The average Bonchev–Trinajstić information content (AvgIpc) is 2.40. The number of nitrogens with one attached hydrogen (secondary N) is 2. The number of aliphatic hydroxyl groups excluding tert-OH is 1. The summed E-state index contributed by atoms with van der Waals surface area (Å²) in [7, 11) is 0. The molecule has 1 atom stereocenters. The van der Waals surface area contributed by atoms with E-state index in [1.54, 1.807) is 0 Å². The highest BCUT2D eigenvalue weighted by molar-refractivity contribution is 7.99. The van der Waals surface area contributed by atoms with Crippen LogP contribution in [0.3, 0.4) is 0 Å². The van der Waals surface area contributed by atoms with Crippen molar-refractivity contribution in [1.82, 2.24) is 10.6 Å². The van der Waals surface area contributed by atoms with Crippen molar-refractivity contribution < 1.29 is 34.5 Å². The zero-order valence-corrected chi connectivity index (χ0v) is 12.0. The lowest BCUT2D eigenvalue weighted by Gasteiger charge is -2.17. The molecule has 0 aliphatic heterocycles. The first-order chi connectivity index (χ1) is 9.86. The Morgan fingerprint density at radius 2 is 1.71 bits per heavy atom. The molecule has 0 heterocycles. The second-order valence-corrected chi connectivity index (χ2v) is 4.98. The molecule has 9 nitrogen and oxygen atoms in total. The van der Waals surface area contributed by atoms with Gasteiger partial charge in [-0.15, -0.1) is 11.8 Å². The Morgan fingerprint density at radius 1 is 1.05 bits per heavy atom. The number of carbonyl (C=O) groups excluding carboxylic acids is 2. The van der Waals surface area contributed by atoms with Crippen molar-refractivity contribution >= 4 is 35.5 Å². The first kappa shape index (κ1) is 19.2. The molecule has 21 heavy (non-hydrogen) atoms. The van der Waals surface area contributed by atoms with Crippen molar-refractivity contribution in [2.75, 3.05) is 18.2 Å². The Balaban J connectivity index is 4.32. The normalized spacial score (nSPS) is 11.5. The van der Waals surface area contributed by atoms with Crippen molar-refractivity contribution in [1.29, 1.82) is 0 Å². The molecule has 0 rings (SSSR count). The molecule has 0 aromatic heterocycles. The van der Waals surface area contributed by atoms with Gasteiger partial charge in [-0.3, -0.25) is 19.2 Å². The quantitative estimate of drug-likeness (QED) is 0.291. The van der Waals surface area contributed by atoms with Gasteiger partial charge in [-0.05, 0) is 6.42 Å². The third-order valence-electron chi connectivity index (χ3n) is 2.24. The number of thioether (sulfide) groups is 1. The highest BCUT2D eigenvalue weighted by atomic mass is 32.2. The summed E-state index contributed by atoms with van der Waals surface area (Å²) < 4.78 is 0. The summed E-state index contributed by atoms with van der Waals surface area (Å²) in [6.45, 7) is -0.575. The number of hydrogen-bond acceptors (Lipinski definition) is 6. The Labute approximate surface area is 125 Å². The van der Waals surface area contributed by atoms with Crippen molar-refractivity contribution in [2.45, 2.75) is 25.3 Å². The largest absolute Gasteiger partial charge is 0.481 e. The molecule has 5 N–H and O–H groups in total. The lowest BCUT2D eigenvalue weighted by molar-refractivity contribution is -0.138. The number of carboxylic acids is 2. The summed E-state index contributed by atoms with van der Waals surface area (Å²) in [4.78, 5) is 43.9. The van der Waals surface area contributed by atoms with Crippen LogP contribution in [0.25, 0.3) is 0 Å². The molecule has 0 radical (unpaired) electrons. The van der Waals surface area contributed by atoms with Crippen LogP contribution in [0.4, 0.5) is 0 Å². The molecule has 10 heteroatoms. The second kappa shape index (κ2) is 10.9. The van der Waals surface area contributed by atoms with Crippen LogP contribution in [0, 0.1) is 0 Å². The molecule has 0 aliphatic rings. The van der Waals surface area contributed by atoms with Gasteiger partial charge in [0.2, 0.25) is 11.8 Å². The fourth-order valence-corrected chi connectivity index (χ4v) is 1.88. The molecule has 0 aromatic carbocycles. The highest BCUT2D eigenvalue weighted by Crippen LogP contribution is 2.03. The maximum absolute atomic E-state index is 11.7. The molecule has 0 fully saturated rings. The van der Waals surface area contributed by atoms with E-state index in [0.29, 0.717) is 0 Å². The molecule has 2 amide bonds.